The summed E-state index contributed by atoms with van der Waals surface area (Å²) in [5.41, 5.74) is 9.62. The van der Waals surface area contributed by atoms with E-state index in [9.17, 15) is 0 Å². The van der Waals surface area contributed by atoms with Crippen molar-refractivity contribution >= 4 is 60.4 Å². The second-order valence-electron chi connectivity index (χ2n) is 4.12. The smallest absolute Gasteiger partial charge is 0.106 e. The van der Waals surface area contributed by atoms with Gasteiger partial charge >= 0.3 is 0 Å². The van der Waals surface area contributed by atoms with Crippen LogP contribution in [0.5, 0.6) is 0 Å². The van der Waals surface area contributed by atoms with Crippen LogP contribution in [0.25, 0.3) is 0 Å². The van der Waals surface area contributed by atoms with Gasteiger partial charge in [0.15, 0.2) is 0 Å². The molecule has 19 heavy (non-hydrogen) atoms. The summed E-state index contributed by atoms with van der Waals surface area (Å²) in [5, 5.41) is 3.35. The van der Waals surface area contributed by atoms with Crippen LogP contribution in [0.15, 0.2) is 45.3 Å². The van der Waals surface area contributed by atoms with Gasteiger partial charge in [-0.15, -0.1) is 0 Å². The molecule has 0 aliphatic rings. The first kappa shape index (κ1) is 14.5. The lowest BCUT2D eigenvalue weighted by molar-refractivity contribution is 1.41. The van der Waals surface area contributed by atoms with E-state index in [2.05, 4.69) is 37.2 Å². The Morgan fingerprint density at radius 3 is 2.58 bits per heavy atom. The highest BCUT2D eigenvalue weighted by atomic mass is 79.9. The Hall–Kier alpha value is -0.910. The molecule has 2 aromatic carbocycles. The van der Waals surface area contributed by atoms with Crippen LogP contribution >= 0.6 is 44.1 Å². The third-order valence-electron chi connectivity index (χ3n) is 2.71. The molecule has 0 unspecified atom stereocenters. The molecule has 2 nitrogen and oxygen atoms in total. The zero-order valence-corrected chi connectivity index (χ0v) is 14.2. The lowest BCUT2D eigenvalue weighted by Gasteiger charge is -2.14. The number of aryl methyl sites for hydroxylation is 1. The molecule has 0 aromatic heterocycles. The fourth-order valence-corrected chi connectivity index (χ4v) is 2.61. The molecule has 0 heterocycles. The van der Waals surface area contributed by atoms with E-state index in [-0.39, 0.29) is 0 Å². The van der Waals surface area contributed by atoms with Crippen molar-refractivity contribution in [3.63, 3.8) is 0 Å². The lowest BCUT2D eigenvalue weighted by Crippen LogP contribution is -2.12. The normalized spacial score (nSPS) is 10.3. The molecule has 0 saturated carbocycles. The third kappa shape index (κ3) is 3.35. The Labute approximate surface area is 134 Å². The summed E-state index contributed by atoms with van der Waals surface area (Å²) < 4.78 is 1.98. The Kier molecular flexibility index (Phi) is 4.60. The van der Waals surface area contributed by atoms with Gasteiger partial charge in [-0.25, -0.2) is 0 Å². The maximum atomic E-state index is 5.76. The van der Waals surface area contributed by atoms with E-state index in [1.54, 1.807) is 0 Å². The molecule has 0 aliphatic carbocycles. The van der Waals surface area contributed by atoms with E-state index in [1.165, 1.54) is 5.56 Å². The minimum absolute atomic E-state index is 0.368. The van der Waals surface area contributed by atoms with Crippen LogP contribution in [0.1, 0.15) is 11.1 Å². The van der Waals surface area contributed by atoms with Crippen LogP contribution < -0.4 is 11.1 Å². The number of hydrogen-bond donors (Lipinski definition) is 2. The molecule has 0 atom stereocenters. The summed E-state index contributed by atoms with van der Waals surface area (Å²) in [4.78, 5) is 0.368. The van der Waals surface area contributed by atoms with Crippen molar-refractivity contribution in [2.75, 3.05) is 5.32 Å². The van der Waals surface area contributed by atoms with Gasteiger partial charge in [-0.05, 0) is 52.7 Å². The van der Waals surface area contributed by atoms with Crippen molar-refractivity contribution in [2.45, 2.75) is 6.92 Å². The van der Waals surface area contributed by atoms with Crippen LogP contribution in [-0.2, 0) is 0 Å². The van der Waals surface area contributed by atoms with Gasteiger partial charge in [0.05, 0.1) is 5.69 Å². The number of hydrogen-bond acceptors (Lipinski definition) is 2. The van der Waals surface area contributed by atoms with Crippen molar-refractivity contribution in [3.05, 3.63) is 56.5 Å². The predicted octanol–water partition coefficient (Wildman–Crippen LogP) is 4.90. The largest absolute Gasteiger partial charge is 0.389 e. The average Bonchev–Trinajstić information content (AvgIpc) is 2.36. The van der Waals surface area contributed by atoms with Crippen molar-refractivity contribution in [1.82, 2.24) is 0 Å². The first-order valence-electron chi connectivity index (χ1n) is 5.60. The number of benzene rings is 2. The van der Waals surface area contributed by atoms with E-state index in [1.807, 2.05) is 43.3 Å². The number of nitrogens with two attached hydrogens (primary N) is 1. The molecular weight excluding hydrogens is 388 g/mol. The van der Waals surface area contributed by atoms with E-state index in [0.717, 1.165) is 25.9 Å². The molecule has 2 aromatic rings. The van der Waals surface area contributed by atoms with Gasteiger partial charge in [0, 0.05) is 20.2 Å². The van der Waals surface area contributed by atoms with Gasteiger partial charge in [0.25, 0.3) is 0 Å². The highest BCUT2D eigenvalue weighted by Gasteiger charge is 2.08. The molecule has 0 saturated heterocycles. The van der Waals surface area contributed by atoms with Gasteiger partial charge in [-0.1, -0.05) is 40.3 Å². The van der Waals surface area contributed by atoms with Crippen LogP contribution in [0.2, 0.25) is 0 Å². The van der Waals surface area contributed by atoms with Crippen molar-refractivity contribution < 1.29 is 0 Å². The second kappa shape index (κ2) is 6.03. The maximum absolute atomic E-state index is 5.76. The number of anilines is 2. The van der Waals surface area contributed by atoms with Crippen molar-refractivity contribution in [1.29, 1.82) is 0 Å². The zero-order valence-electron chi connectivity index (χ0n) is 10.2. The molecule has 0 aliphatic heterocycles. The van der Waals surface area contributed by atoms with Crippen LogP contribution in [0.3, 0.4) is 0 Å². The SMILES string of the molecule is Cc1cccc(Nc2ccc(Br)cc2C(N)=S)c1Br. The molecule has 98 valence electrons. The molecule has 0 radical (unpaired) electrons. The van der Waals surface area contributed by atoms with Crippen LogP contribution in [-0.4, -0.2) is 4.99 Å². The van der Waals surface area contributed by atoms with E-state index < -0.39 is 0 Å². The summed E-state index contributed by atoms with van der Waals surface area (Å²) in [5.74, 6) is 0. The number of halogens is 2. The van der Waals surface area contributed by atoms with E-state index >= 15 is 0 Å². The maximum Gasteiger partial charge on any atom is 0.106 e. The minimum Gasteiger partial charge on any atom is -0.389 e. The summed E-state index contributed by atoms with van der Waals surface area (Å²) in [7, 11) is 0. The van der Waals surface area contributed by atoms with Gasteiger partial charge in [0.1, 0.15) is 4.99 Å². The summed E-state index contributed by atoms with van der Waals surface area (Å²) >= 11 is 12.1. The standard InChI is InChI=1S/C14H12Br2N2S/c1-8-3-2-4-12(13(8)16)18-11-6-5-9(15)7-10(11)14(17)19/h2-7,18H,1H3,(H2,17,19). The van der Waals surface area contributed by atoms with Gasteiger partial charge < -0.3 is 11.1 Å². The summed E-state index contributed by atoms with van der Waals surface area (Å²) in [6, 6.07) is 11.9. The average molecular weight is 400 g/mol. The molecule has 0 amide bonds. The Bertz CT molecular complexity index is 641. The summed E-state index contributed by atoms with van der Waals surface area (Å²) in [6.07, 6.45) is 0. The molecule has 0 spiro atoms. The van der Waals surface area contributed by atoms with E-state index in [0.29, 0.717) is 4.99 Å². The highest BCUT2D eigenvalue weighted by molar-refractivity contribution is 9.11. The molecule has 0 fully saturated rings. The molecular formula is C14H12Br2N2S. The monoisotopic (exact) mass is 398 g/mol. The van der Waals surface area contributed by atoms with E-state index in [4.69, 9.17) is 18.0 Å². The number of thiocarbonyl (C=S) groups is 1. The highest BCUT2D eigenvalue weighted by Crippen LogP contribution is 2.31. The van der Waals surface area contributed by atoms with Crippen molar-refractivity contribution in [2.24, 2.45) is 5.73 Å². The quantitative estimate of drug-likeness (QED) is 0.721. The fraction of sp³-hybridized carbons (Fsp3) is 0.0714. The Morgan fingerprint density at radius 1 is 1.16 bits per heavy atom. The zero-order chi connectivity index (χ0) is 14.0. The Balaban J connectivity index is 2.44. The van der Waals surface area contributed by atoms with Gasteiger partial charge in [-0.3, -0.25) is 0 Å². The van der Waals surface area contributed by atoms with Crippen LogP contribution in [0.4, 0.5) is 11.4 Å². The van der Waals surface area contributed by atoms with Gasteiger partial charge in [-0.2, -0.15) is 0 Å². The summed E-state index contributed by atoms with van der Waals surface area (Å²) in [6.45, 7) is 2.05. The predicted molar refractivity (Wildman–Crippen MR) is 92.2 cm³/mol. The first-order valence-corrected chi connectivity index (χ1v) is 7.60. The first-order chi connectivity index (χ1) is 8.99. The topological polar surface area (TPSA) is 38.0 Å². The minimum atomic E-state index is 0.368. The number of rotatable bonds is 3. The molecule has 2 rings (SSSR count). The lowest BCUT2D eigenvalue weighted by atomic mass is 10.1. The van der Waals surface area contributed by atoms with Crippen molar-refractivity contribution in [3.8, 4) is 0 Å². The fourth-order valence-electron chi connectivity index (χ4n) is 1.72. The molecule has 0 bridgehead atoms. The van der Waals surface area contributed by atoms with Gasteiger partial charge in [0.2, 0.25) is 0 Å². The Morgan fingerprint density at radius 2 is 1.89 bits per heavy atom. The second-order valence-corrected chi connectivity index (χ2v) is 6.26. The molecule has 3 N–H and O–H groups in total. The van der Waals surface area contributed by atoms with Crippen LogP contribution in [0, 0.1) is 6.92 Å². The molecule has 5 heteroatoms. The number of nitrogens with one attached hydrogen (secondary N) is 1. The third-order valence-corrected chi connectivity index (χ3v) is 4.47.